The maximum Gasteiger partial charge on any atom is 0.0617 e. The molecule has 1 heterocycles. The van der Waals surface area contributed by atoms with Crippen LogP contribution in [0.5, 0.6) is 0 Å². The predicted octanol–water partition coefficient (Wildman–Crippen LogP) is 3.69. The number of hydrogen-bond donors (Lipinski definition) is 1. The molecule has 1 saturated carbocycles. The molecule has 1 aliphatic heterocycles. The fourth-order valence-corrected chi connectivity index (χ4v) is 3.89. The summed E-state index contributed by atoms with van der Waals surface area (Å²) in [6, 6.07) is 0. The normalized spacial score (nSPS) is 26.5. The van der Waals surface area contributed by atoms with Crippen LogP contribution in [0.15, 0.2) is 0 Å². The van der Waals surface area contributed by atoms with Crippen LogP contribution in [0.1, 0.15) is 65.7 Å². The van der Waals surface area contributed by atoms with Crippen LogP contribution in [-0.4, -0.2) is 35.7 Å². The third-order valence-electron chi connectivity index (χ3n) is 5.21. The molecule has 0 radical (unpaired) electrons. The van der Waals surface area contributed by atoms with Gasteiger partial charge in [-0.05, 0) is 56.0 Å². The monoisotopic (exact) mass is 267 g/mol. The van der Waals surface area contributed by atoms with Crippen molar-refractivity contribution in [3.05, 3.63) is 0 Å². The van der Waals surface area contributed by atoms with Gasteiger partial charge < -0.3 is 10.0 Å². The van der Waals surface area contributed by atoms with Gasteiger partial charge in [0.05, 0.1) is 6.10 Å². The van der Waals surface area contributed by atoms with E-state index in [-0.39, 0.29) is 11.5 Å². The second-order valence-corrected chi connectivity index (χ2v) is 7.95. The van der Waals surface area contributed by atoms with E-state index < -0.39 is 0 Å². The molecule has 1 saturated heterocycles. The summed E-state index contributed by atoms with van der Waals surface area (Å²) in [5.74, 6) is 1.47. The van der Waals surface area contributed by atoms with Gasteiger partial charge in [-0.3, -0.25) is 0 Å². The summed E-state index contributed by atoms with van der Waals surface area (Å²) in [5.41, 5.74) is 0.0379. The first kappa shape index (κ1) is 15.3. The lowest BCUT2D eigenvalue weighted by Crippen LogP contribution is -2.43. The molecule has 2 rings (SSSR count). The minimum Gasteiger partial charge on any atom is -0.392 e. The van der Waals surface area contributed by atoms with E-state index in [4.69, 9.17) is 0 Å². The first-order chi connectivity index (χ1) is 8.97. The molecule has 112 valence electrons. The average molecular weight is 267 g/mol. The summed E-state index contributed by atoms with van der Waals surface area (Å²) in [6.45, 7) is 10.2. The van der Waals surface area contributed by atoms with Gasteiger partial charge in [-0.25, -0.2) is 0 Å². The Morgan fingerprint density at radius 3 is 2.11 bits per heavy atom. The zero-order chi connectivity index (χ0) is 13.9. The molecule has 1 aliphatic carbocycles. The Hall–Kier alpha value is -0.0800. The highest BCUT2D eigenvalue weighted by Gasteiger charge is 2.33. The van der Waals surface area contributed by atoms with Crippen molar-refractivity contribution in [1.29, 1.82) is 0 Å². The molecule has 1 atom stereocenters. The van der Waals surface area contributed by atoms with Crippen molar-refractivity contribution in [3.8, 4) is 0 Å². The van der Waals surface area contributed by atoms with Crippen LogP contribution in [0, 0.1) is 17.3 Å². The van der Waals surface area contributed by atoms with Crippen LogP contribution in [-0.2, 0) is 0 Å². The Balaban J connectivity index is 1.73. The molecule has 2 aliphatic rings. The highest BCUT2D eigenvalue weighted by Crippen LogP contribution is 2.32. The molecule has 0 spiro atoms. The Morgan fingerprint density at radius 1 is 1.00 bits per heavy atom. The van der Waals surface area contributed by atoms with Gasteiger partial charge in [0.15, 0.2) is 0 Å². The SMILES string of the molecule is CC(C)(C)C(O)C1CCN(CC2CCCCC2)CC1. The second kappa shape index (κ2) is 6.58. The molecule has 1 unspecified atom stereocenters. The van der Waals surface area contributed by atoms with Gasteiger partial charge in [-0.15, -0.1) is 0 Å². The lowest BCUT2D eigenvalue weighted by molar-refractivity contribution is -0.0154. The van der Waals surface area contributed by atoms with E-state index in [0.717, 1.165) is 5.92 Å². The van der Waals surface area contributed by atoms with Crippen molar-refractivity contribution < 1.29 is 5.11 Å². The minimum absolute atomic E-state index is 0.0379. The first-order valence-corrected chi connectivity index (χ1v) is 8.37. The molecule has 0 aromatic heterocycles. The van der Waals surface area contributed by atoms with Gasteiger partial charge in [0.1, 0.15) is 0 Å². The molecule has 0 amide bonds. The molecule has 2 fully saturated rings. The fourth-order valence-electron chi connectivity index (χ4n) is 3.89. The van der Waals surface area contributed by atoms with Crippen LogP contribution in [0.3, 0.4) is 0 Å². The van der Waals surface area contributed by atoms with E-state index in [0.29, 0.717) is 5.92 Å². The molecule has 2 nitrogen and oxygen atoms in total. The molecule has 0 bridgehead atoms. The van der Waals surface area contributed by atoms with E-state index in [9.17, 15) is 5.11 Å². The van der Waals surface area contributed by atoms with E-state index in [1.165, 1.54) is 64.6 Å². The summed E-state index contributed by atoms with van der Waals surface area (Å²) in [4.78, 5) is 2.65. The lowest BCUT2D eigenvalue weighted by Gasteiger charge is -2.40. The Bertz CT molecular complexity index is 257. The van der Waals surface area contributed by atoms with Crippen LogP contribution in [0.4, 0.5) is 0 Å². The van der Waals surface area contributed by atoms with E-state index in [2.05, 4.69) is 25.7 Å². The lowest BCUT2D eigenvalue weighted by atomic mass is 9.77. The number of aliphatic hydroxyl groups is 1. The fraction of sp³-hybridized carbons (Fsp3) is 1.00. The number of hydrogen-bond acceptors (Lipinski definition) is 2. The second-order valence-electron chi connectivity index (χ2n) is 7.95. The highest BCUT2D eigenvalue weighted by atomic mass is 16.3. The largest absolute Gasteiger partial charge is 0.392 e. The van der Waals surface area contributed by atoms with Crippen molar-refractivity contribution in [3.63, 3.8) is 0 Å². The van der Waals surface area contributed by atoms with Crippen LogP contribution in [0.25, 0.3) is 0 Å². The number of rotatable bonds is 3. The summed E-state index contributed by atoms with van der Waals surface area (Å²) in [7, 11) is 0. The number of likely N-dealkylation sites (tertiary alicyclic amines) is 1. The maximum absolute atomic E-state index is 10.4. The number of aliphatic hydroxyl groups excluding tert-OH is 1. The molecule has 1 N–H and O–H groups in total. The standard InChI is InChI=1S/C17H33NO/c1-17(2,3)16(19)15-9-11-18(12-10-15)13-14-7-5-4-6-8-14/h14-16,19H,4-13H2,1-3H3. The van der Waals surface area contributed by atoms with E-state index in [1.54, 1.807) is 0 Å². The van der Waals surface area contributed by atoms with Gasteiger partial charge in [-0.1, -0.05) is 40.0 Å². The predicted molar refractivity (Wildman–Crippen MR) is 81.2 cm³/mol. The van der Waals surface area contributed by atoms with Gasteiger partial charge in [0.25, 0.3) is 0 Å². The van der Waals surface area contributed by atoms with Crippen molar-refractivity contribution in [1.82, 2.24) is 4.90 Å². The topological polar surface area (TPSA) is 23.5 Å². The maximum atomic E-state index is 10.4. The van der Waals surface area contributed by atoms with Crippen LogP contribution < -0.4 is 0 Å². The third kappa shape index (κ3) is 4.46. The van der Waals surface area contributed by atoms with Gasteiger partial charge in [0.2, 0.25) is 0 Å². The van der Waals surface area contributed by atoms with Crippen molar-refractivity contribution in [2.24, 2.45) is 17.3 Å². The highest BCUT2D eigenvalue weighted by molar-refractivity contribution is 4.85. The van der Waals surface area contributed by atoms with Crippen molar-refractivity contribution in [2.75, 3.05) is 19.6 Å². The van der Waals surface area contributed by atoms with E-state index >= 15 is 0 Å². The smallest absolute Gasteiger partial charge is 0.0617 e. The van der Waals surface area contributed by atoms with Gasteiger partial charge in [0, 0.05) is 6.54 Å². The summed E-state index contributed by atoms with van der Waals surface area (Å²) < 4.78 is 0. The Labute approximate surface area is 119 Å². The number of nitrogens with zero attached hydrogens (tertiary/aromatic N) is 1. The average Bonchev–Trinajstić information content (AvgIpc) is 2.39. The summed E-state index contributed by atoms with van der Waals surface area (Å²) >= 11 is 0. The molecular formula is C17H33NO. The van der Waals surface area contributed by atoms with Crippen molar-refractivity contribution in [2.45, 2.75) is 71.8 Å². The molecular weight excluding hydrogens is 234 g/mol. The van der Waals surface area contributed by atoms with E-state index in [1.807, 2.05) is 0 Å². The van der Waals surface area contributed by atoms with Gasteiger partial charge in [-0.2, -0.15) is 0 Å². The summed E-state index contributed by atoms with van der Waals surface area (Å²) in [6.07, 6.45) is 9.49. The minimum atomic E-state index is -0.135. The van der Waals surface area contributed by atoms with Crippen LogP contribution >= 0.6 is 0 Å². The summed E-state index contributed by atoms with van der Waals surface area (Å²) in [5, 5.41) is 10.4. The number of piperidine rings is 1. The van der Waals surface area contributed by atoms with Crippen molar-refractivity contribution >= 4 is 0 Å². The third-order valence-corrected chi connectivity index (χ3v) is 5.21. The Kier molecular flexibility index (Phi) is 5.30. The van der Waals surface area contributed by atoms with Gasteiger partial charge >= 0.3 is 0 Å². The zero-order valence-electron chi connectivity index (χ0n) is 13.2. The quantitative estimate of drug-likeness (QED) is 0.843. The van der Waals surface area contributed by atoms with Crippen LogP contribution in [0.2, 0.25) is 0 Å². The molecule has 19 heavy (non-hydrogen) atoms. The zero-order valence-corrected chi connectivity index (χ0v) is 13.2. The molecule has 2 heteroatoms. The molecule has 0 aromatic rings. The molecule has 0 aromatic carbocycles. The Morgan fingerprint density at radius 2 is 1.58 bits per heavy atom. The first-order valence-electron chi connectivity index (χ1n) is 8.37.